The highest BCUT2D eigenvalue weighted by molar-refractivity contribution is 8.00. The van der Waals surface area contributed by atoms with Crippen molar-refractivity contribution in [3.63, 3.8) is 0 Å². The third-order valence-electron chi connectivity index (χ3n) is 4.07. The molecule has 0 spiro atoms. The summed E-state index contributed by atoms with van der Waals surface area (Å²) in [6.07, 6.45) is -0.923. The molecule has 29 heavy (non-hydrogen) atoms. The number of amides is 2. The van der Waals surface area contributed by atoms with Crippen molar-refractivity contribution < 1.29 is 19.1 Å². The number of carbonyl (C=O) groups is 3. The number of esters is 1. The number of hydrogen-bond donors (Lipinski definition) is 2. The van der Waals surface area contributed by atoms with E-state index in [-0.39, 0.29) is 17.4 Å². The molecule has 0 fully saturated rings. The van der Waals surface area contributed by atoms with E-state index in [2.05, 4.69) is 10.6 Å². The van der Waals surface area contributed by atoms with Gasteiger partial charge in [-0.2, -0.15) is 0 Å². The second kappa shape index (κ2) is 10.7. The molecule has 0 aliphatic carbocycles. The van der Waals surface area contributed by atoms with Crippen LogP contribution in [-0.2, 0) is 19.1 Å². The van der Waals surface area contributed by atoms with Crippen LogP contribution < -0.4 is 10.6 Å². The van der Waals surface area contributed by atoms with E-state index in [0.717, 1.165) is 34.1 Å². The SMILES string of the molecule is Cc1cccc(NC(=O)[C@H](C)OC(=O)CSCC(=O)Nc2ccc(C)cc2C)c1. The molecule has 1 atom stereocenters. The molecule has 0 aliphatic heterocycles. The lowest BCUT2D eigenvalue weighted by atomic mass is 10.1. The van der Waals surface area contributed by atoms with Crippen molar-refractivity contribution in [3.8, 4) is 0 Å². The molecule has 0 bridgehead atoms. The van der Waals surface area contributed by atoms with Crippen LogP contribution in [0.4, 0.5) is 11.4 Å². The Hall–Kier alpha value is -2.80. The molecule has 0 saturated heterocycles. The summed E-state index contributed by atoms with van der Waals surface area (Å²) in [5.41, 5.74) is 4.53. The van der Waals surface area contributed by atoms with Crippen LogP contribution in [0.3, 0.4) is 0 Å². The third-order valence-corrected chi connectivity index (χ3v) is 4.98. The Morgan fingerprint density at radius 2 is 1.69 bits per heavy atom. The summed E-state index contributed by atoms with van der Waals surface area (Å²) in [5, 5.41) is 5.54. The maximum atomic E-state index is 12.1. The lowest BCUT2D eigenvalue weighted by Crippen LogP contribution is -2.30. The summed E-state index contributed by atoms with van der Waals surface area (Å²) in [5.74, 6) is -1.03. The van der Waals surface area contributed by atoms with Crippen molar-refractivity contribution in [2.45, 2.75) is 33.8 Å². The molecule has 2 aromatic carbocycles. The zero-order valence-corrected chi connectivity index (χ0v) is 17.9. The van der Waals surface area contributed by atoms with Crippen molar-refractivity contribution in [2.24, 2.45) is 0 Å². The normalized spacial score (nSPS) is 11.4. The molecular formula is C22H26N2O4S. The van der Waals surface area contributed by atoms with Gasteiger partial charge in [0.15, 0.2) is 6.10 Å². The van der Waals surface area contributed by atoms with Gasteiger partial charge in [0.1, 0.15) is 0 Å². The molecule has 0 saturated carbocycles. The van der Waals surface area contributed by atoms with E-state index in [1.165, 1.54) is 6.92 Å². The van der Waals surface area contributed by atoms with E-state index in [1.54, 1.807) is 6.07 Å². The second-order valence-corrected chi connectivity index (χ2v) is 7.84. The van der Waals surface area contributed by atoms with Crippen molar-refractivity contribution in [2.75, 3.05) is 22.1 Å². The first-order valence-electron chi connectivity index (χ1n) is 9.26. The Balaban J connectivity index is 1.71. The topological polar surface area (TPSA) is 84.5 Å². The third kappa shape index (κ3) is 7.62. The highest BCUT2D eigenvalue weighted by Gasteiger charge is 2.18. The average Bonchev–Trinajstić information content (AvgIpc) is 2.64. The fraction of sp³-hybridized carbons (Fsp3) is 0.318. The molecule has 0 aliphatic rings. The molecule has 6 nitrogen and oxygen atoms in total. The average molecular weight is 415 g/mol. The van der Waals surface area contributed by atoms with Crippen molar-refractivity contribution in [3.05, 3.63) is 59.2 Å². The Kier molecular flexibility index (Phi) is 8.27. The number of thioether (sulfide) groups is 1. The zero-order chi connectivity index (χ0) is 21.4. The molecule has 154 valence electrons. The molecule has 2 rings (SSSR count). The predicted octanol–water partition coefficient (Wildman–Crippen LogP) is 3.85. The molecule has 0 unspecified atom stereocenters. The lowest BCUT2D eigenvalue weighted by Gasteiger charge is -2.14. The lowest BCUT2D eigenvalue weighted by molar-refractivity contribution is -0.150. The van der Waals surface area contributed by atoms with Gasteiger partial charge in [0.25, 0.3) is 5.91 Å². The summed E-state index contributed by atoms with van der Waals surface area (Å²) >= 11 is 1.14. The van der Waals surface area contributed by atoms with Gasteiger partial charge in [-0.25, -0.2) is 0 Å². The first kappa shape index (κ1) is 22.5. The van der Waals surface area contributed by atoms with Crippen LogP contribution >= 0.6 is 11.8 Å². The number of benzene rings is 2. The van der Waals surface area contributed by atoms with Crippen LogP contribution in [0.25, 0.3) is 0 Å². The van der Waals surface area contributed by atoms with Crippen LogP contribution in [-0.4, -0.2) is 35.4 Å². The van der Waals surface area contributed by atoms with Gasteiger partial charge in [-0.1, -0.05) is 29.8 Å². The zero-order valence-electron chi connectivity index (χ0n) is 17.1. The van der Waals surface area contributed by atoms with Crippen molar-refractivity contribution >= 4 is 40.9 Å². The van der Waals surface area contributed by atoms with Gasteiger partial charge in [0, 0.05) is 11.4 Å². The Morgan fingerprint density at radius 1 is 0.966 bits per heavy atom. The quantitative estimate of drug-likeness (QED) is 0.641. The van der Waals surface area contributed by atoms with Gasteiger partial charge in [-0.05, 0) is 57.0 Å². The van der Waals surface area contributed by atoms with E-state index in [0.29, 0.717) is 5.69 Å². The van der Waals surface area contributed by atoms with Crippen molar-refractivity contribution in [1.29, 1.82) is 0 Å². The number of hydrogen-bond acceptors (Lipinski definition) is 5. The fourth-order valence-corrected chi connectivity index (χ4v) is 3.21. The first-order valence-corrected chi connectivity index (χ1v) is 10.4. The van der Waals surface area contributed by atoms with E-state index < -0.39 is 18.0 Å². The molecule has 0 radical (unpaired) electrons. The molecule has 2 N–H and O–H groups in total. The van der Waals surface area contributed by atoms with E-state index in [1.807, 2.05) is 57.2 Å². The minimum Gasteiger partial charge on any atom is -0.452 e. The molecule has 0 aromatic heterocycles. The number of aryl methyl sites for hydroxylation is 3. The van der Waals surface area contributed by atoms with Crippen LogP contribution in [0, 0.1) is 20.8 Å². The maximum Gasteiger partial charge on any atom is 0.316 e. The highest BCUT2D eigenvalue weighted by Crippen LogP contribution is 2.16. The standard InChI is InChI=1S/C22H26N2O4S/c1-14-6-5-7-18(11-14)23-22(27)17(4)28-21(26)13-29-12-20(25)24-19-9-8-15(2)10-16(19)3/h5-11,17H,12-13H2,1-4H3,(H,23,27)(H,24,25)/t17-/m0/s1. The smallest absolute Gasteiger partial charge is 0.316 e. The van der Waals surface area contributed by atoms with Gasteiger partial charge in [0.05, 0.1) is 11.5 Å². The van der Waals surface area contributed by atoms with E-state index in [4.69, 9.17) is 4.74 Å². The van der Waals surface area contributed by atoms with Crippen LogP contribution in [0.5, 0.6) is 0 Å². The number of carbonyl (C=O) groups excluding carboxylic acids is 3. The van der Waals surface area contributed by atoms with E-state index >= 15 is 0 Å². The minimum atomic E-state index is -0.923. The van der Waals surface area contributed by atoms with E-state index in [9.17, 15) is 14.4 Å². The number of ether oxygens (including phenoxy) is 1. The number of rotatable bonds is 8. The van der Waals surface area contributed by atoms with Crippen LogP contribution in [0.15, 0.2) is 42.5 Å². The minimum absolute atomic E-state index is 0.0115. The molecule has 2 amide bonds. The summed E-state index contributed by atoms with van der Waals surface area (Å²) < 4.78 is 5.14. The Morgan fingerprint density at radius 3 is 2.38 bits per heavy atom. The Bertz CT molecular complexity index is 898. The molecule has 7 heteroatoms. The first-order chi connectivity index (χ1) is 13.7. The van der Waals surface area contributed by atoms with Gasteiger partial charge >= 0.3 is 5.97 Å². The van der Waals surface area contributed by atoms with Crippen LogP contribution in [0.1, 0.15) is 23.6 Å². The fourth-order valence-electron chi connectivity index (χ4n) is 2.62. The highest BCUT2D eigenvalue weighted by atomic mass is 32.2. The molecule has 0 heterocycles. The summed E-state index contributed by atoms with van der Waals surface area (Å²) in [7, 11) is 0. The number of anilines is 2. The summed E-state index contributed by atoms with van der Waals surface area (Å²) in [6, 6.07) is 13.1. The van der Waals surface area contributed by atoms with Gasteiger partial charge in [-0.3, -0.25) is 14.4 Å². The molecular weight excluding hydrogens is 388 g/mol. The predicted molar refractivity (Wildman–Crippen MR) is 117 cm³/mol. The maximum absolute atomic E-state index is 12.1. The second-order valence-electron chi connectivity index (χ2n) is 6.85. The Labute approximate surface area is 175 Å². The van der Waals surface area contributed by atoms with Crippen molar-refractivity contribution in [1.82, 2.24) is 0 Å². The van der Waals surface area contributed by atoms with Gasteiger partial charge < -0.3 is 15.4 Å². The number of nitrogens with one attached hydrogen (secondary N) is 2. The van der Waals surface area contributed by atoms with Crippen LogP contribution in [0.2, 0.25) is 0 Å². The molecule has 2 aromatic rings. The van der Waals surface area contributed by atoms with Gasteiger partial charge in [0.2, 0.25) is 5.91 Å². The monoisotopic (exact) mass is 414 g/mol. The largest absolute Gasteiger partial charge is 0.452 e. The summed E-state index contributed by atoms with van der Waals surface area (Å²) in [6.45, 7) is 7.35. The summed E-state index contributed by atoms with van der Waals surface area (Å²) in [4.78, 5) is 36.1. The van der Waals surface area contributed by atoms with Gasteiger partial charge in [-0.15, -0.1) is 11.8 Å².